The van der Waals surface area contributed by atoms with Crippen LogP contribution in [0.5, 0.6) is 0 Å². The molecule has 0 aliphatic heterocycles. The van der Waals surface area contributed by atoms with Gasteiger partial charge < -0.3 is 0 Å². The largest absolute Gasteiger partial charge is 0.149 e. The van der Waals surface area contributed by atoms with Crippen molar-refractivity contribution in [3.63, 3.8) is 0 Å². The number of halogens is 2. The van der Waals surface area contributed by atoms with E-state index in [4.69, 9.17) is 0 Å². The van der Waals surface area contributed by atoms with E-state index in [1.54, 1.807) is 0 Å². The van der Waals surface area contributed by atoms with Crippen LogP contribution in [0.4, 0.5) is 0 Å². The molecule has 1 aromatic heterocycles. The van der Waals surface area contributed by atoms with Gasteiger partial charge in [0.25, 0.3) is 0 Å². The van der Waals surface area contributed by atoms with Crippen molar-refractivity contribution in [2.45, 2.75) is 0 Å². The maximum Gasteiger partial charge on any atom is 0.108 e. The first-order chi connectivity index (χ1) is 11.7. The molecular weight excluding hydrogens is 428 g/mol. The molecule has 4 heteroatoms. The molecule has 2 nitrogen and oxygen atoms in total. The van der Waals surface area contributed by atoms with Crippen molar-refractivity contribution in [3.05, 3.63) is 69.6 Å². The normalized spacial score (nSPS) is 11.8. The Morgan fingerprint density at radius 3 is 1.46 bits per heavy atom. The molecule has 4 aromatic carbocycles. The van der Waals surface area contributed by atoms with Crippen molar-refractivity contribution in [3.8, 4) is 0 Å². The molecule has 0 aliphatic carbocycles. The van der Waals surface area contributed by atoms with Crippen LogP contribution in [-0.2, 0) is 0 Å². The Kier molecular flexibility index (Phi) is 3.12. The second kappa shape index (κ2) is 5.23. The van der Waals surface area contributed by atoms with Gasteiger partial charge in [-0.2, -0.15) is 0 Å². The summed E-state index contributed by atoms with van der Waals surface area (Å²) in [5, 5.41) is 16.0. The van der Waals surface area contributed by atoms with Crippen molar-refractivity contribution in [1.29, 1.82) is 0 Å². The van der Waals surface area contributed by atoms with E-state index in [1.165, 1.54) is 21.5 Å². The molecule has 114 valence electrons. The van der Waals surface area contributed by atoms with Crippen LogP contribution in [0.15, 0.2) is 69.6 Å². The molecule has 0 fully saturated rings. The zero-order valence-corrected chi connectivity index (χ0v) is 15.6. The monoisotopic (exact) mass is 436 g/mol. The molecule has 0 saturated heterocycles. The maximum absolute atomic E-state index is 4.50. The lowest BCUT2D eigenvalue weighted by molar-refractivity contribution is 1.12. The molecule has 0 unspecified atom stereocenters. The summed E-state index contributed by atoms with van der Waals surface area (Å²) in [6.45, 7) is 0. The summed E-state index contributed by atoms with van der Waals surface area (Å²) >= 11 is 7.34. The van der Waals surface area contributed by atoms with Gasteiger partial charge >= 0.3 is 0 Å². The second-order valence-electron chi connectivity index (χ2n) is 5.81. The summed E-state index contributed by atoms with van der Waals surface area (Å²) in [5.41, 5.74) is 1.79. The molecule has 0 N–H and O–H groups in total. The number of nitrogens with zero attached hydrogens (tertiary/aromatic N) is 2. The minimum absolute atomic E-state index is 0.893. The number of hydrogen-bond donors (Lipinski definition) is 0. The van der Waals surface area contributed by atoms with Crippen molar-refractivity contribution < 1.29 is 0 Å². The SMILES string of the molecule is Brc1cc2ccccc2c2c1nnc1c(Br)cc3ccccc3c12. The Balaban J connectivity index is 2.23. The zero-order valence-electron chi connectivity index (χ0n) is 12.4. The third-order valence-corrected chi connectivity index (χ3v) is 5.66. The van der Waals surface area contributed by atoms with Crippen LogP contribution in [0.25, 0.3) is 43.4 Å². The lowest BCUT2D eigenvalue weighted by Gasteiger charge is -2.11. The van der Waals surface area contributed by atoms with Crippen molar-refractivity contribution >= 4 is 75.2 Å². The van der Waals surface area contributed by atoms with Gasteiger partial charge in [0.05, 0.1) is 0 Å². The highest BCUT2D eigenvalue weighted by atomic mass is 79.9. The van der Waals surface area contributed by atoms with Gasteiger partial charge in [-0.05, 0) is 65.5 Å². The Morgan fingerprint density at radius 2 is 1.00 bits per heavy atom. The molecule has 5 aromatic rings. The quantitative estimate of drug-likeness (QED) is 0.254. The van der Waals surface area contributed by atoms with Crippen LogP contribution in [0, 0.1) is 0 Å². The van der Waals surface area contributed by atoms with E-state index in [2.05, 4.69) is 103 Å². The molecule has 0 bridgehead atoms. The highest BCUT2D eigenvalue weighted by molar-refractivity contribution is 9.11. The molecular formula is C20H10Br2N2. The standard InChI is InChI=1S/C20H10Br2N2/c21-15-9-11-5-1-3-7-13(11)17-18-14-8-4-2-6-12(14)10-16(22)20(18)24-23-19(15)17/h1-10H. The first-order valence-electron chi connectivity index (χ1n) is 7.58. The number of benzene rings is 4. The predicted molar refractivity (Wildman–Crippen MR) is 107 cm³/mol. The van der Waals surface area contributed by atoms with E-state index in [-0.39, 0.29) is 0 Å². The van der Waals surface area contributed by atoms with Crippen molar-refractivity contribution in [1.82, 2.24) is 10.2 Å². The predicted octanol–water partition coefficient (Wildman–Crippen LogP) is 6.61. The van der Waals surface area contributed by atoms with Crippen molar-refractivity contribution in [2.24, 2.45) is 0 Å². The van der Waals surface area contributed by atoms with Gasteiger partial charge in [-0.25, -0.2) is 0 Å². The fraction of sp³-hybridized carbons (Fsp3) is 0. The molecule has 0 saturated carbocycles. The van der Waals surface area contributed by atoms with Gasteiger partial charge in [-0.1, -0.05) is 48.5 Å². The first-order valence-corrected chi connectivity index (χ1v) is 9.17. The van der Waals surface area contributed by atoms with E-state index in [1.807, 2.05) is 0 Å². The summed E-state index contributed by atoms with van der Waals surface area (Å²) in [6, 6.07) is 21.1. The number of aromatic nitrogens is 2. The highest BCUT2D eigenvalue weighted by Gasteiger charge is 2.15. The number of rotatable bonds is 0. The fourth-order valence-electron chi connectivity index (χ4n) is 3.41. The smallest absolute Gasteiger partial charge is 0.108 e. The van der Waals surface area contributed by atoms with Crippen molar-refractivity contribution in [2.75, 3.05) is 0 Å². The van der Waals surface area contributed by atoms with Gasteiger partial charge in [0.15, 0.2) is 0 Å². The Morgan fingerprint density at radius 1 is 0.583 bits per heavy atom. The summed E-state index contributed by atoms with van der Waals surface area (Å²) < 4.78 is 1.93. The molecule has 0 atom stereocenters. The molecule has 1 heterocycles. The van der Waals surface area contributed by atoms with Crippen LogP contribution in [0.2, 0.25) is 0 Å². The zero-order chi connectivity index (χ0) is 16.3. The number of hydrogen-bond acceptors (Lipinski definition) is 2. The van der Waals surface area contributed by atoms with Gasteiger partial charge in [0, 0.05) is 19.7 Å². The van der Waals surface area contributed by atoms with Gasteiger partial charge in [0.1, 0.15) is 11.0 Å². The van der Waals surface area contributed by atoms with Crippen LogP contribution in [0.3, 0.4) is 0 Å². The van der Waals surface area contributed by atoms with E-state index >= 15 is 0 Å². The molecule has 0 spiro atoms. The summed E-state index contributed by atoms with van der Waals surface area (Å²) in [4.78, 5) is 0. The van der Waals surface area contributed by atoms with Gasteiger partial charge in [0.2, 0.25) is 0 Å². The highest BCUT2D eigenvalue weighted by Crippen LogP contribution is 2.39. The summed E-state index contributed by atoms with van der Waals surface area (Å²) in [6.07, 6.45) is 0. The Labute approximate surface area is 154 Å². The lowest BCUT2D eigenvalue weighted by atomic mass is 9.98. The van der Waals surface area contributed by atoms with E-state index in [9.17, 15) is 0 Å². The molecule has 5 rings (SSSR count). The fourth-order valence-corrected chi connectivity index (χ4v) is 4.45. The molecule has 24 heavy (non-hydrogen) atoms. The minimum Gasteiger partial charge on any atom is -0.149 e. The summed E-state index contributed by atoms with van der Waals surface area (Å²) in [7, 11) is 0. The average molecular weight is 438 g/mol. The lowest BCUT2D eigenvalue weighted by Crippen LogP contribution is -1.92. The molecule has 0 radical (unpaired) electrons. The van der Waals surface area contributed by atoms with Crippen LogP contribution >= 0.6 is 31.9 Å². The summed E-state index contributed by atoms with van der Waals surface area (Å²) in [5.74, 6) is 0. The number of fused-ring (bicyclic) bond motifs is 7. The third kappa shape index (κ3) is 1.93. The van der Waals surface area contributed by atoms with Crippen LogP contribution in [-0.4, -0.2) is 10.2 Å². The Hall–Kier alpha value is -2.04. The second-order valence-corrected chi connectivity index (χ2v) is 7.51. The maximum atomic E-state index is 4.50. The third-order valence-electron chi connectivity index (χ3n) is 4.45. The van der Waals surface area contributed by atoms with Crippen LogP contribution < -0.4 is 0 Å². The Bertz CT molecular complexity index is 1180. The average Bonchev–Trinajstić information content (AvgIpc) is 2.61. The topological polar surface area (TPSA) is 25.8 Å². The van der Waals surface area contributed by atoms with Gasteiger partial charge in [-0.15, -0.1) is 10.2 Å². The van der Waals surface area contributed by atoms with Crippen LogP contribution in [0.1, 0.15) is 0 Å². The van der Waals surface area contributed by atoms with E-state index < -0.39 is 0 Å². The molecule has 0 amide bonds. The first kappa shape index (κ1) is 14.3. The minimum atomic E-state index is 0.893. The van der Waals surface area contributed by atoms with Gasteiger partial charge in [-0.3, -0.25) is 0 Å². The molecule has 0 aliphatic rings. The van der Waals surface area contributed by atoms with E-state index in [0.29, 0.717) is 0 Å². The van der Waals surface area contributed by atoms with E-state index in [0.717, 1.165) is 30.8 Å².